The van der Waals surface area contributed by atoms with Gasteiger partial charge in [-0.05, 0) is 37.5 Å². The lowest BCUT2D eigenvalue weighted by Gasteiger charge is -2.18. The number of likely N-dealkylation sites (tertiary alicyclic amines) is 1. The van der Waals surface area contributed by atoms with Gasteiger partial charge in [0.15, 0.2) is 0 Å². The fourth-order valence-corrected chi connectivity index (χ4v) is 2.61. The number of amides is 2. The zero-order valence-corrected chi connectivity index (χ0v) is 13.0. The Morgan fingerprint density at radius 3 is 2.52 bits per heavy atom. The van der Waals surface area contributed by atoms with E-state index in [2.05, 4.69) is 6.92 Å². The van der Waals surface area contributed by atoms with E-state index in [4.69, 9.17) is 0 Å². The van der Waals surface area contributed by atoms with Crippen LogP contribution in [0.15, 0.2) is 24.3 Å². The quantitative estimate of drug-likeness (QED) is 0.836. The molecule has 1 aromatic rings. The van der Waals surface area contributed by atoms with Crippen molar-refractivity contribution in [3.8, 4) is 0 Å². The smallest absolute Gasteiger partial charge is 0.253 e. The maximum absolute atomic E-state index is 12.4. The van der Waals surface area contributed by atoms with E-state index in [0.717, 1.165) is 45.3 Å². The third-order valence-electron chi connectivity index (χ3n) is 3.94. The van der Waals surface area contributed by atoms with Gasteiger partial charge in [0.1, 0.15) is 0 Å². The van der Waals surface area contributed by atoms with Crippen LogP contribution in [0.2, 0.25) is 0 Å². The van der Waals surface area contributed by atoms with Crippen LogP contribution in [-0.2, 0) is 0 Å². The van der Waals surface area contributed by atoms with Crippen LogP contribution in [-0.4, -0.2) is 48.3 Å². The summed E-state index contributed by atoms with van der Waals surface area (Å²) in [5, 5.41) is 0. The second kappa shape index (κ2) is 7.25. The first-order valence-electron chi connectivity index (χ1n) is 7.78. The predicted octanol–water partition coefficient (Wildman–Crippen LogP) is 2.79. The van der Waals surface area contributed by atoms with Gasteiger partial charge in [0.05, 0.1) is 0 Å². The summed E-state index contributed by atoms with van der Waals surface area (Å²) in [6.07, 6.45) is 4.20. The minimum Gasteiger partial charge on any atom is -0.342 e. The highest BCUT2D eigenvalue weighted by Crippen LogP contribution is 2.15. The molecule has 1 fully saturated rings. The van der Waals surface area contributed by atoms with Gasteiger partial charge in [-0.1, -0.05) is 19.4 Å². The van der Waals surface area contributed by atoms with Crippen LogP contribution in [0.3, 0.4) is 0 Å². The first-order valence-corrected chi connectivity index (χ1v) is 7.78. The summed E-state index contributed by atoms with van der Waals surface area (Å²) in [6.45, 7) is 4.51. The van der Waals surface area contributed by atoms with Crippen LogP contribution in [0.5, 0.6) is 0 Å². The lowest BCUT2D eigenvalue weighted by Crippen LogP contribution is -2.29. The van der Waals surface area contributed by atoms with E-state index in [0.29, 0.717) is 11.1 Å². The van der Waals surface area contributed by atoms with Crippen molar-refractivity contribution in [3.63, 3.8) is 0 Å². The molecule has 0 radical (unpaired) electrons. The predicted molar refractivity (Wildman–Crippen MR) is 83.4 cm³/mol. The maximum Gasteiger partial charge on any atom is 0.253 e. The number of carbonyl (C=O) groups is 2. The summed E-state index contributed by atoms with van der Waals surface area (Å²) in [5.41, 5.74) is 1.21. The number of hydrogen-bond acceptors (Lipinski definition) is 2. The highest BCUT2D eigenvalue weighted by Gasteiger charge is 2.20. The summed E-state index contributed by atoms with van der Waals surface area (Å²) in [7, 11) is 1.81. The van der Waals surface area contributed by atoms with Crippen LogP contribution >= 0.6 is 0 Å². The molecule has 0 atom stereocenters. The van der Waals surface area contributed by atoms with E-state index in [-0.39, 0.29) is 11.8 Å². The van der Waals surface area contributed by atoms with Crippen LogP contribution in [0.25, 0.3) is 0 Å². The molecular formula is C17H24N2O2. The van der Waals surface area contributed by atoms with Crippen molar-refractivity contribution < 1.29 is 9.59 Å². The Hall–Kier alpha value is -1.84. The van der Waals surface area contributed by atoms with Gasteiger partial charge in [0, 0.05) is 37.8 Å². The largest absolute Gasteiger partial charge is 0.342 e. The molecule has 1 saturated heterocycles. The Balaban J connectivity index is 2.09. The Kier molecular flexibility index (Phi) is 5.37. The van der Waals surface area contributed by atoms with Crippen molar-refractivity contribution in [3.05, 3.63) is 35.4 Å². The molecule has 114 valence electrons. The fourth-order valence-electron chi connectivity index (χ4n) is 2.61. The van der Waals surface area contributed by atoms with E-state index in [1.54, 1.807) is 29.2 Å². The van der Waals surface area contributed by atoms with Crippen molar-refractivity contribution in [2.24, 2.45) is 0 Å². The Morgan fingerprint density at radius 1 is 1.19 bits per heavy atom. The van der Waals surface area contributed by atoms with Crippen LogP contribution in [0.4, 0.5) is 0 Å². The molecule has 1 aromatic carbocycles. The van der Waals surface area contributed by atoms with Gasteiger partial charge in [-0.3, -0.25) is 9.59 Å². The molecule has 0 aliphatic carbocycles. The summed E-state index contributed by atoms with van der Waals surface area (Å²) < 4.78 is 0. The average Bonchev–Trinajstić information content (AvgIpc) is 3.05. The van der Waals surface area contributed by atoms with Gasteiger partial charge in [0.25, 0.3) is 11.8 Å². The summed E-state index contributed by atoms with van der Waals surface area (Å²) >= 11 is 0. The van der Waals surface area contributed by atoms with Crippen molar-refractivity contribution >= 4 is 11.8 Å². The first kappa shape index (κ1) is 15.5. The minimum atomic E-state index is -0.0143. The van der Waals surface area contributed by atoms with Gasteiger partial charge < -0.3 is 9.80 Å². The maximum atomic E-state index is 12.4. The molecule has 0 unspecified atom stereocenters. The third-order valence-corrected chi connectivity index (χ3v) is 3.94. The van der Waals surface area contributed by atoms with Crippen molar-refractivity contribution in [1.29, 1.82) is 0 Å². The van der Waals surface area contributed by atoms with Gasteiger partial charge in [-0.25, -0.2) is 0 Å². The summed E-state index contributed by atoms with van der Waals surface area (Å²) in [4.78, 5) is 28.3. The van der Waals surface area contributed by atoms with Crippen LogP contribution in [0, 0.1) is 0 Å². The van der Waals surface area contributed by atoms with Gasteiger partial charge in [-0.2, -0.15) is 0 Å². The average molecular weight is 288 g/mol. The van der Waals surface area contributed by atoms with Crippen molar-refractivity contribution in [2.75, 3.05) is 26.7 Å². The Labute approximate surface area is 126 Å². The molecule has 0 aromatic heterocycles. The topological polar surface area (TPSA) is 40.6 Å². The van der Waals surface area contributed by atoms with E-state index in [9.17, 15) is 9.59 Å². The highest BCUT2D eigenvalue weighted by atomic mass is 16.2. The van der Waals surface area contributed by atoms with E-state index < -0.39 is 0 Å². The number of carbonyl (C=O) groups excluding carboxylic acids is 2. The van der Waals surface area contributed by atoms with E-state index in [1.165, 1.54) is 0 Å². The van der Waals surface area contributed by atoms with Crippen molar-refractivity contribution in [1.82, 2.24) is 9.80 Å². The number of rotatable bonds is 5. The molecule has 1 aliphatic rings. The molecule has 0 N–H and O–H groups in total. The zero-order valence-electron chi connectivity index (χ0n) is 13.0. The zero-order chi connectivity index (χ0) is 15.2. The van der Waals surface area contributed by atoms with Gasteiger partial charge in [0.2, 0.25) is 0 Å². The molecular weight excluding hydrogens is 264 g/mol. The second-order valence-electron chi connectivity index (χ2n) is 5.66. The lowest BCUT2D eigenvalue weighted by atomic mass is 10.1. The number of benzene rings is 1. The number of hydrogen-bond donors (Lipinski definition) is 0. The number of unbranched alkanes of at least 4 members (excludes halogenated alkanes) is 1. The first-order chi connectivity index (χ1) is 10.1. The SMILES string of the molecule is CCCCN(C)C(=O)c1cccc(C(=O)N2CCCC2)c1. The molecule has 1 aliphatic heterocycles. The highest BCUT2D eigenvalue weighted by molar-refractivity contribution is 5.99. The molecule has 0 saturated carbocycles. The molecule has 4 nitrogen and oxygen atoms in total. The van der Waals surface area contributed by atoms with Gasteiger partial charge in [-0.15, -0.1) is 0 Å². The second-order valence-corrected chi connectivity index (χ2v) is 5.66. The lowest BCUT2D eigenvalue weighted by molar-refractivity contribution is 0.0792. The van der Waals surface area contributed by atoms with E-state index >= 15 is 0 Å². The fraction of sp³-hybridized carbons (Fsp3) is 0.529. The minimum absolute atomic E-state index is 0.0143. The monoisotopic (exact) mass is 288 g/mol. The molecule has 2 rings (SSSR count). The standard InChI is InChI=1S/C17H24N2O2/c1-3-4-10-18(2)16(20)14-8-7-9-15(13-14)17(21)19-11-5-6-12-19/h7-9,13H,3-6,10-12H2,1-2H3. The molecule has 0 spiro atoms. The summed E-state index contributed by atoms with van der Waals surface area (Å²) in [6, 6.07) is 7.10. The number of nitrogens with zero attached hydrogens (tertiary/aromatic N) is 2. The Bertz CT molecular complexity index is 507. The third kappa shape index (κ3) is 3.84. The van der Waals surface area contributed by atoms with E-state index in [1.807, 2.05) is 11.9 Å². The molecule has 2 amide bonds. The van der Waals surface area contributed by atoms with Gasteiger partial charge >= 0.3 is 0 Å². The molecule has 21 heavy (non-hydrogen) atoms. The normalized spacial score (nSPS) is 14.3. The van der Waals surface area contributed by atoms with Crippen molar-refractivity contribution in [2.45, 2.75) is 32.6 Å². The van der Waals surface area contributed by atoms with Crippen LogP contribution < -0.4 is 0 Å². The van der Waals surface area contributed by atoms with Crippen LogP contribution in [0.1, 0.15) is 53.3 Å². The molecule has 4 heteroatoms. The Morgan fingerprint density at radius 2 is 1.86 bits per heavy atom. The summed E-state index contributed by atoms with van der Waals surface area (Å²) in [5.74, 6) is 0.0258. The molecule has 0 bridgehead atoms. The molecule has 1 heterocycles.